The van der Waals surface area contributed by atoms with Crippen LogP contribution in [-0.2, 0) is 6.54 Å². The quantitative estimate of drug-likeness (QED) is 0.572. The molecule has 0 unspecified atom stereocenters. The topological polar surface area (TPSA) is 54.9 Å². The number of hydrogen-bond donors (Lipinski definition) is 1. The van der Waals surface area contributed by atoms with Gasteiger partial charge in [0.05, 0.1) is 20.9 Å². The number of benzene rings is 1. The van der Waals surface area contributed by atoms with Gasteiger partial charge in [-0.05, 0) is 48.2 Å². The summed E-state index contributed by atoms with van der Waals surface area (Å²) in [6.45, 7) is 2.41. The van der Waals surface area contributed by atoms with Gasteiger partial charge in [-0.2, -0.15) is 11.3 Å². The number of carbonyl (C=O) groups excluding carboxylic acids is 1. The first kappa shape index (κ1) is 15.9. The van der Waals surface area contributed by atoms with E-state index in [-0.39, 0.29) is 5.91 Å². The molecule has 0 aliphatic heterocycles. The SMILES string of the molecule is Cc1nc2ccc(C(=O)NCc3cccnc3-c3ccsc3)cc2s1. The Kier molecular flexibility index (Phi) is 4.29. The summed E-state index contributed by atoms with van der Waals surface area (Å²) in [7, 11) is 0. The molecule has 0 radical (unpaired) electrons. The van der Waals surface area contributed by atoms with Crippen molar-refractivity contribution in [1.29, 1.82) is 0 Å². The number of pyridine rings is 1. The summed E-state index contributed by atoms with van der Waals surface area (Å²) in [6.07, 6.45) is 1.78. The average molecular weight is 365 g/mol. The van der Waals surface area contributed by atoms with Crippen LogP contribution in [0.2, 0.25) is 0 Å². The molecule has 1 N–H and O–H groups in total. The van der Waals surface area contributed by atoms with Crippen LogP contribution in [0.3, 0.4) is 0 Å². The first-order valence-electron chi connectivity index (χ1n) is 7.82. The minimum Gasteiger partial charge on any atom is -0.348 e. The van der Waals surface area contributed by atoms with E-state index in [0.29, 0.717) is 12.1 Å². The molecule has 3 aromatic heterocycles. The Morgan fingerprint density at radius 3 is 3.00 bits per heavy atom. The molecule has 0 saturated heterocycles. The maximum atomic E-state index is 12.5. The van der Waals surface area contributed by atoms with Crippen molar-refractivity contribution in [2.45, 2.75) is 13.5 Å². The Balaban J connectivity index is 1.54. The molecule has 25 heavy (non-hydrogen) atoms. The molecular formula is C19H15N3OS2. The Hall–Kier alpha value is -2.57. The smallest absolute Gasteiger partial charge is 0.251 e. The predicted molar refractivity (Wildman–Crippen MR) is 103 cm³/mol. The van der Waals surface area contributed by atoms with Gasteiger partial charge in [-0.3, -0.25) is 9.78 Å². The zero-order valence-electron chi connectivity index (χ0n) is 13.5. The number of nitrogens with zero attached hydrogens (tertiary/aromatic N) is 2. The molecule has 3 heterocycles. The number of hydrogen-bond acceptors (Lipinski definition) is 5. The van der Waals surface area contributed by atoms with Gasteiger partial charge >= 0.3 is 0 Å². The van der Waals surface area contributed by atoms with E-state index < -0.39 is 0 Å². The van der Waals surface area contributed by atoms with Crippen LogP contribution in [-0.4, -0.2) is 15.9 Å². The summed E-state index contributed by atoms with van der Waals surface area (Å²) < 4.78 is 1.03. The molecular weight excluding hydrogens is 350 g/mol. The van der Waals surface area contributed by atoms with E-state index in [2.05, 4.69) is 20.7 Å². The van der Waals surface area contributed by atoms with Gasteiger partial charge in [-0.25, -0.2) is 4.98 Å². The van der Waals surface area contributed by atoms with Crippen LogP contribution in [0.5, 0.6) is 0 Å². The fourth-order valence-electron chi connectivity index (χ4n) is 2.70. The summed E-state index contributed by atoms with van der Waals surface area (Å²) in [5, 5.41) is 8.09. The number of rotatable bonds is 4. The molecule has 0 bridgehead atoms. The summed E-state index contributed by atoms with van der Waals surface area (Å²) in [5.41, 5.74) is 4.58. The number of thiazole rings is 1. The van der Waals surface area contributed by atoms with Crippen LogP contribution < -0.4 is 5.32 Å². The van der Waals surface area contributed by atoms with Crippen LogP contribution in [0.25, 0.3) is 21.5 Å². The van der Waals surface area contributed by atoms with Crippen LogP contribution in [0.15, 0.2) is 53.4 Å². The number of nitrogens with one attached hydrogen (secondary N) is 1. The third-order valence-electron chi connectivity index (χ3n) is 3.88. The van der Waals surface area contributed by atoms with Crippen molar-refractivity contribution >= 4 is 38.8 Å². The first-order chi connectivity index (χ1) is 12.2. The number of aromatic nitrogens is 2. The molecule has 4 aromatic rings. The highest BCUT2D eigenvalue weighted by Crippen LogP contribution is 2.24. The normalized spacial score (nSPS) is 10.9. The standard InChI is InChI=1S/C19H15N3OS2/c1-12-22-16-5-4-13(9-17(16)25-12)19(23)21-10-14-3-2-7-20-18(14)15-6-8-24-11-15/h2-9,11H,10H2,1H3,(H,21,23). The van der Waals surface area contributed by atoms with Crippen LogP contribution >= 0.6 is 22.7 Å². The van der Waals surface area contributed by atoms with E-state index in [0.717, 1.165) is 32.0 Å². The number of carbonyl (C=O) groups is 1. The van der Waals surface area contributed by atoms with E-state index in [1.807, 2.05) is 48.7 Å². The number of amides is 1. The Morgan fingerprint density at radius 1 is 1.24 bits per heavy atom. The lowest BCUT2D eigenvalue weighted by Gasteiger charge is -2.09. The third kappa shape index (κ3) is 3.31. The number of aryl methyl sites for hydroxylation is 1. The average Bonchev–Trinajstić information content (AvgIpc) is 3.27. The fourth-order valence-corrected chi connectivity index (χ4v) is 4.21. The van der Waals surface area contributed by atoms with Gasteiger partial charge in [0.15, 0.2) is 0 Å². The molecule has 0 saturated carbocycles. The van der Waals surface area contributed by atoms with Crippen molar-refractivity contribution < 1.29 is 4.79 Å². The number of fused-ring (bicyclic) bond motifs is 1. The second kappa shape index (κ2) is 6.74. The van der Waals surface area contributed by atoms with Gasteiger partial charge in [0.2, 0.25) is 0 Å². The molecule has 6 heteroatoms. The lowest BCUT2D eigenvalue weighted by atomic mass is 10.1. The van der Waals surface area contributed by atoms with Crippen molar-refractivity contribution in [2.24, 2.45) is 0 Å². The van der Waals surface area contributed by atoms with Crippen LogP contribution in [0.4, 0.5) is 0 Å². The summed E-state index contributed by atoms with van der Waals surface area (Å²) >= 11 is 3.23. The molecule has 0 aliphatic carbocycles. The third-order valence-corrected chi connectivity index (χ3v) is 5.50. The minimum atomic E-state index is -0.0897. The predicted octanol–water partition coefficient (Wildman–Crippen LogP) is 4.66. The minimum absolute atomic E-state index is 0.0897. The van der Waals surface area contributed by atoms with E-state index in [9.17, 15) is 4.79 Å². The van der Waals surface area contributed by atoms with Gasteiger partial charge in [0.25, 0.3) is 5.91 Å². The van der Waals surface area contributed by atoms with Gasteiger partial charge in [0.1, 0.15) is 0 Å². The molecule has 0 atom stereocenters. The highest BCUT2D eigenvalue weighted by Gasteiger charge is 2.11. The zero-order valence-corrected chi connectivity index (χ0v) is 15.2. The van der Waals surface area contributed by atoms with Gasteiger partial charge < -0.3 is 5.32 Å². The maximum Gasteiger partial charge on any atom is 0.251 e. The van der Waals surface area contributed by atoms with Gasteiger partial charge in [0, 0.05) is 29.2 Å². The van der Waals surface area contributed by atoms with Crippen molar-refractivity contribution in [1.82, 2.24) is 15.3 Å². The highest BCUT2D eigenvalue weighted by molar-refractivity contribution is 7.18. The highest BCUT2D eigenvalue weighted by atomic mass is 32.1. The van der Waals surface area contributed by atoms with E-state index in [4.69, 9.17) is 0 Å². The second-order valence-corrected chi connectivity index (χ2v) is 7.64. The second-order valence-electron chi connectivity index (χ2n) is 5.62. The summed E-state index contributed by atoms with van der Waals surface area (Å²) in [6, 6.07) is 11.5. The summed E-state index contributed by atoms with van der Waals surface area (Å²) in [5.74, 6) is -0.0897. The van der Waals surface area contributed by atoms with Crippen molar-refractivity contribution in [3.63, 3.8) is 0 Å². The zero-order chi connectivity index (χ0) is 17.2. The molecule has 1 aromatic carbocycles. The van der Waals surface area contributed by atoms with Crippen molar-refractivity contribution in [3.05, 3.63) is 69.5 Å². The molecule has 0 spiro atoms. The molecule has 124 valence electrons. The molecule has 1 amide bonds. The molecule has 0 aliphatic rings. The van der Waals surface area contributed by atoms with Gasteiger partial charge in [-0.15, -0.1) is 11.3 Å². The monoisotopic (exact) mass is 365 g/mol. The fraction of sp³-hybridized carbons (Fsp3) is 0.105. The lowest BCUT2D eigenvalue weighted by molar-refractivity contribution is 0.0951. The largest absolute Gasteiger partial charge is 0.348 e. The molecule has 4 nitrogen and oxygen atoms in total. The Morgan fingerprint density at radius 2 is 2.16 bits per heavy atom. The lowest BCUT2D eigenvalue weighted by Crippen LogP contribution is -2.23. The van der Waals surface area contributed by atoms with E-state index >= 15 is 0 Å². The van der Waals surface area contributed by atoms with Crippen LogP contribution in [0.1, 0.15) is 20.9 Å². The van der Waals surface area contributed by atoms with E-state index in [1.165, 1.54) is 0 Å². The Bertz CT molecular complexity index is 1040. The van der Waals surface area contributed by atoms with Gasteiger partial charge in [-0.1, -0.05) is 6.07 Å². The van der Waals surface area contributed by atoms with Crippen LogP contribution in [0, 0.1) is 6.92 Å². The van der Waals surface area contributed by atoms with Crippen molar-refractivity contribution in [2.75, 3.05) is 0 Å². The molecule has 4 rings (SSSR count). The maximum absolute atomic E-state index is 12.5. The summed E-state index contributed by atoms with van der Waals surface area (Å²) in [4.78, 5) is 21.4. The molecule has 0 fully saturated rings. The van der Waals surface area contributed by atoms with Crippen molar-refractivity contribution in [3.8, 4) is 11.3 Å². The Labute approximate surface area is 153 Å². The van der Waals surface area contributed by atoms with E-state index in [1.54, 1.807) is 28.9 Å². The first-order valence-corrected chi connectivity index (χ1v) is 9.58. The number of thiophene rings is 1.